The molecule has 2 aromatic heterocycles. The van der Waals surface area contributed by atoms with Crippen LogP contribution in [0, 0.1) is 10.1 Å². The number of halogens is 2. The van der Waals surface area contributed by atoms with Crippen molar-refractivity contribution in [1.82, 2.24) is 4.57 Å². The molecule has 0 aliphatic rings. The predicted molar refractivity (Wildman–Crippen MR) is 192 cm³/mol. The molecule has 0 saturated carbocycles. The number of Topliss-reactive ketones (excluding diaryl/α,β-unsaturated/α-hetero) is 1. The summed E-state index contributed by atoms with van der Waals surface area (Å²) in [7, 11) is 0. The fourth-order valence-corrected chi connectivity index (χ4v) is 7.09. The third-order valence-corrected chi connectivity index (χ3v) is 9.89. The van der Waals surface area contributed by atoms with Crippen LogP contribution in [0.1, 0.15) is 48.0 Å². The number of hydrogen-bond donors (Lipinski definition) is 0. The van der Waals surface area contributed by atoms with Crippen LogP contribution in [0.3, 0.4) is 0 Å². The fraction of sp³-hybridized carbons (Fsp3) is 0.135. The summed E-state index contributed by atoms with van der Waals surface area (Å²) < 4.78 is 9.04. The van der Waals surface area contributed by atoms with Crippen molar-refractivity contribution < 1.29 is 14.1 Å². The Morgan fingerprint density at radius 3 is 2.40 bits per heavy atom. The number of hydrogen-bond acceptors (Lipinski definition) is 6. The lowest BCUT2D eigenvalue weighted by atomic mass is 9.86. The Labute approximate surface area is 287 Å². The van der Waals surface area contributed by atoms with Gasteiger partial charge < -0.3 is 4.42 Å². The first-order chi connectivity index (χ1) is 22.4. The molecule has 0 radical (unpaired) electrons. The number of carbonyl (C=O) groups is 1. The Bertz CT molecular complexity index is 2370. The lowest BCUT2D eigenvalue weighted by Gasteiger charge is -2.18. The molecule has 0 saturated heterocycles. The maximum Gasteiger partial charge on any atom is 0.270 e. The van der Waals surface area contributed by atoms with Crippen LogP contribution in [0.4, 0.5) is 5.69 Å². The van der Waals surface area contributed by atoms with Gasteiger partial charge in [-0.2, -0.15) is 0 Å². The van der Waals surface area contributed by atoms with Crippen LogP contribution >= 0.6 is 38.9 Å². The zero-order valence-corrected chi connectivity index (χ0v) is 28.8. The zero-order valence-electron chi connectivity index (χ0n) is 25.6. The summed E-state index contributed by atoms with van der Waals surface area (Å²) in [6, 6.07) is 26.9. The second-order valence-electron chi connectivity index (χ2n) is 12.1. The molecule has 236 valence electrons. The molecule has 0 atom stereocenters. The lowest BCUT2D eigenvalue weighted by molar-refractivity contribution is -0.384. The number of non-ortho nitro benzene ring substituents is 1. The van der Waals surface area contributed by atoms with Crippen LogP contribution in [0.2, 0.25) is 5.02 Å². The molecule has 0 aliphatic carbocycles. The molecule has 7 nitrogen and oxygen atoms in total. The highest BCUT2D eigenvalue weighted by Gasteiger charge is 2.16. The van der Waals surface area contributed by atoms with Gasteiger partial charge in [-0.25, -0.2) is 0 Å². The molecule has 0 N–H and O–H groups in total. The highest BCUT2D eigenvalue weighted by Crippen LogP contribution is 2.33. The number of aromatic nitrogens is 1. The van der Waals surface area contributed by atoms with Crippen molar-refractivity contribution in [3.63, 3.8) is 0 Å². The van der Waals surface area contributed by atoms with Crippen molar-refractivity contribution in [2.45, 2.75) is 32.7 Å². The Morgan fingerprint density at radius 2 is 1.72 bits per heavy atom. The summed E-state index contributed by atoms with van der Waals surface area (Å²) in [6.45, 7) is 6.57. The van der Waals surface area contributed by atoms with Crippen LogP contribution in [-0.2, 0) is 12.0 Å². The molecule has 0 spiro atoms. The third-order valence-electron chi connectivity index (χ3n) is 7.85. The van der Waals surface area contributed by atoms with E-state index in [4.69, 9.17) is 16.0 Å². The number of nitro benzene ring substituents is 1. The van der Waals surface area contributed by atoms with Crippen LogP contribution < -0.4 is 14.8 Å². The number of nitrogens with zero attached hydrogens (tertiary/aromatic N) is 2. The van der Waals surface area contributed by atoms with Gasteiger partial charge in [0.05, 0.1) is 16.0 Å². The minimum Gasteiger partial charge on any atom is -0.457 e. The van der Waals surface area contributed by atoms with Gasteiger partial charge in [0.2, 0.25) is 0 Å². The average Bonchev–Trinajstić information content (AvgIpc) is 3.62. The van der Waals surface area contributed by atoms with Crippen LogP contribution in [0.25, 0.3) is 34.2 Å². The van der Waals surface area contributed by atoms with Crippen molar-refractivity contribution in [2.24, 2.45) is 0 Å². The second-order valence-corrected chi connectivity index (χ2v) is 14.4. The first-order valence-electron chi connectivity index (χ1n) is 14.7. The summed E-state index contributed by atoms with van der Waals surface area (Å²) >= 11 is 11.1. The van der Waals surface area contributed by atoms with Gasteiger partial charge in [-0.1, -0.05) is 87.0 Å². The summed E-state index contributed by atoms with van der Waals surface area (Å²) in [6.07, 6.45) is 3.15. The quantitative estimate of drug-likeness (QED) is 0.0934. The van der Waals surface area contributed by atoms with E-state index in [1.807, 2.05) is 60.7 Å². The van der Waals surface area contributed by atoms with Crippen LogP contribution in [0.5, 0.6) is 0 Å². The Balaban J connectivity index is 1.45. The molecule has 0 unspecified atom stereocenters. The molecule has 4 aromatic carbocycles. The van der Waals surface area contributed by atoms with Gasteiger partial charge in [0.25, 0.3) is 11.2 Å². The topological polar surface area (TPSA) is 95.3 Å². The Morgan fingerprint density at radius 1 is 1.00 bits per heavy atom. The molecular formula is C37H28BrClN2O5S. The summed E-state index contributed by atoms with van der Waals surface area (Å²) in [5.74, 6) is 0.683. The number of furan rings is 1. The van der Waals surface area contributed by atoms with E-state index < -0.39 is 4.92 Å². The van der Waals surface area contributed by atoms with E-state index in [2.05, 4.69) is 36.7 Å². The molecule has 47 heavy (non-hydrogen) atoms. The van der Waals surface area contributed by atoms with E-state index in [9.17, 15) is 19.7 Å². The van der Waals surface area contributed by atoms with Crippen LogP contribution in [-0.4, -0.2) is 15.3 Å². The third kappa shape index (κ3) is 6.79. The molecule has 0 aliphatic heterocycles. The van der Waals surface area contributed by atoms with Crippen molar-refractivity contribution >= 4 is 73.3 Å². The Kier molecular flexibility index (Phi) is 8.89. The van der Waals surface area contributed by atoms with Gasteiger partial charge in [0.15, 0.2) is 5.78 Å². The van der Waals surface area contributed by atoms with Crippen molar-refractivity contribution in [3.05, 3.63) is 153 Å². The van der Waals surface area contributed by atoms with Crippen molar-refractivity contribution in [1.29, 1.82) is 0 Å². The number of carbonyl (C=O) groups excluding carboxylic acids is 1. The van der Waals surface area contributed by atoms with Gasteiger partial charge in [0, 0.05) is 50.3 Å². The molecule has 6 rings (SSSR count). The molecule has 0 bridgehead atoms. The maximum absolute atomic E-state index is 14.0. The van der Waals surface area contributed by atoms with Gasteiger partial charge >= 0.3 is 0 Å². The molecule has 0 fully saturated rings. The van der Waals surface area contributed by atoms with Gasteiger partial charge in [0.1, 0.15) is 16.2 Å². The first kappa shape index (κ1) is 32.4. The average molecular weight is 728 g/mol. The molecular weight excluding hydrogens is 700 g/mol. The molecule has 2 heterocycles. The zero-order chi connectivity index (χ0) is 33.5. The number of benzene rings is 4. The number of nitro groups is 1. The van der Waals surface area contributed by atoms with Gasteiger partial charge in [-0.3, -0.25) is 24.3 Å². The van der Waals surface area contributed by atoms with Gasteiger partial charge in [-0.05, 0) is 62.1 Å². The van der Waals surface area contributed by atoms with E-state index >= 15 is 0 Å². The van der Waals surface area contributed by atoms with E-state index in [1.165, 1.54) is 29.5 Å². The monoisotopic (exact) mass is 726 g/mol. The fourth-order valence-electron chi connectivity index (χ4n) is 5.28. The maximum atomic E-state index is 14.0. The largest absolute Gasteiger partial charge is 0.457 e. The Hall–Kier alpha value is -4.57. The van der Waals surface area contributed by atoms with Crippen molar-refractivity contribution in [3.8, 4) is 11.3 Å². The number of fused-ring (bicyclic) bond motifs is 1. The SMILES string of the molecule is CC(C)(C)c1ccc(C(=O)/C=c2\s/c(=C\c3ccc(-c4ccc([N+](=O)[O-])cc4Br)o3)c(=O)n2Cc2ccc(Cl)c3ccccc23)cc1. The molecule has 0 amide bonds. The first-order valence-corrected chi connectivity index (χ1v) is 16.7. The molecule has 6 aromatic rings. The minimum atomic E-state index is -0.467. The van der Waals surface area contributed by atoms with E-state index in [0.717, 1.165) is 21.9 Å². The second kappa shape index (κ2) is 12.9. The van der Waals surface area contributed by atoms with E-state index in [-0.39, 0.29) is 29.0 Å². The highest BCUT2D eigenvalue weighted by atomic mass is 79.9. The summed E-state index contributed by atoms with van der Waals surface area (Å²) in [4.78, 5) is 38.2. The predicted octanol–water partition coefficient (Wildman–Crippen LogP) is 8.49. The minimum absolute atomic E-state index is 0.0463. The van der Waals surface area contributed by atoms with Gasteiger partial charge in [-0.15, -0.1) is 11.3 Å². The number of ketones is 1. The highest BCUT2D eigenvalue weighted by molar-refractivity contribution is 9.10. The number of rotatable bonds is 7. The lowest BCUT2D eigenvalue weighted by Crippen LogP contribution is -2.32. The van der Waals surface area contributed by atoms with Crippen LogP contribution in [0.15, 0.2) is 105 Å². The summed E-state index contributed by atoms with van der Waals surface area (Å²) in [5.41, 5.74) is 2.79. The standard InChI is InChI=1S/C37H28BrClN2O5S/c1-37(2,3)24-11-8-22(9-12-24)32(42)20-35-40(21-23-10-16-31(39)28-7-5-4-6-27(23)28)36(43)34(47-35)19-26-14-17-33(46-26)29-15-13-25(41(44)45)18-30(29)38/h4-20H,21H2,1-3H3/b34-19-,35-20-. The normalized spacial score (nSPS) is 12.6. The molecule has 10 heteroatoms. The van der Waals surface area contributed by atoms with Crippen molar-refractivity contribution in [2.75, 3.05) is 0 Å². The van der Waals surface area contributed by atoms with E-state index in [1.54, 1.807) is 28.8 Å². The summed E-state index contributed by atoms with van der Waals surface area (Å²) in [5, 5.41) is 13.6. The number of thiazole rings is 1. The smallest absolute Gasteiger partial charge is 0.270 e. The van der Waals surface area contributed by atoms with E-state index in [0.29, 0.717) is 41.3 Å².